The van der Waals surface area contributed by atoms with E-state index in [-0.39, 0.29) is 13.2 Å². The van der Waals surface area contributed by atoms with E-state index in [4.69, 9.17) is 9.57 Å². The topological polar surface area (TPSA) is 88.1 Å². The van der Waals surface area contributed by atoms with Crippen molar-refractivity contribution in [2.24, 2.45) is 0 Å². The highest BCUT2D eigenvalue weighted by Gasteiger charge is 2.49. The van der Waals surface area contributed by atoms with Crippen LogP contribution in [0.1, 0.15) is 26.3 Å². The molecule has 1 saturated heterocycles. The van der Waals surface area contributed by atoms with E-state index in [0.29, 0.717) is 0 Å². The van der Waals surface area contributed by atoms with Crippen LogP contribution in [0.2, 0.25) is 0 Å². The molecular formula is C16H22N2O5. The van der Waals surface area contributed by atoms with Crippen molar-refractivity contribution in [3.8, 4) is 0 Å². The number of alkyl carbamates (subject to hydrolysis) is 1. The van der Waals surface area contributed by atoms with Crippen molar-refractivity contribution in [2.75, 3.05) is 6.61 Å². The van der Waals surface area contributed by atoms with E-state index in [1.54, 1.807) is 20.8 Å². The number of β-lactam (4-membered cyclic amide) rings is 1. The minimum absolute atomic E-state index is 0.211. The van der Waals surface area contributed by atoms with Crippen molar-refractivity contribution >= 4 is 12.0 Å². The monoisotopic (exact) mass is 322 g/mol. The largest absolute Gasteiger partial charge is 0.444 e. The smallest absolute Gasteiger partial charge is 0.408 e. The van der Waals surface area contributed by atoms with Crippen LogP contribution in [0.4, 0.5) is 4.79 Å². The summed E-state index contributed by atoms with van der Waals surface area (Å²) in [6.07, 6.45) is -0.697. The van der Waals surface area contributed by atoms with E-state index in [2.05, 4.69) is 5.32 Å². The lowest BCUT2D eigenvalue weighted by molar-refractivity contribution is -0.244. The fraction of sp³-hybridized carbons (Fsp3) is 0.500. The van der Waals surface area contributed by atoms with Gasteiger partial charge in [-0.2, -0.15) is 0 Å². The number of rotatable bonds is 5. The van der Waals surface area contributed by atoms with Gasteiger partial charge in [-0.15, -0.1) is 0 Å². The molecule has 0 unspecified atom stereocenters. The van der Waals surface area contributed by atoms with Crippen LogP contribution < -0.4 is 5.32 Å². The van der Waals surface area contributed by atoms with E-state index in [1.165, 1.54) is 0 Å². The molecule has 0 radical (unpaired) electrons. The van der Waals surface area contributed by atoms with Crippen LogP contribution in [0.15, 0.2) is 30.3 Å². The first-order valence-electron chi connectivity index (χ1n) is 7.42. The second kappa shape index (κ2) is 6.97. The summed E-state index contributed by atoms with van der Waals surface area (Å²) in [7, 11) is 0. The number of carbonyl (C=O) groups is 2. The number of hydrogen-bond donors (Lipinski definition) is 2. The fourth-order valence-electron chi connectivity index (χ4n) is 2.17. The number of ether oxygens (including phenoxy) is 1. The number of carbonyl (C=O) groups excluding carboxylic acids is 2. The number of hydroxylamine groups is 2. The number of nitrogens with zero attached hydrogens (tertiary/aromatic N) is 1. The van der Waals surface area contributed by atoms with Crippen molar-refractivity contribution in [2.45, 2.75) is 45.1 Å². The van der Waals surface area contributed by atoms with Gasteiger partial charge in [-0.1, -0.05) is 30.3 Å². The second-order valence-electron chi connectivity index (χ2n) is 6.30. The Labute approximate surface area is 135 Å². The lowest BCUT2D eigenvalue weighted by Crippen LogP contribution is -2.71. The Balaban J connectivity index is 1.88. The number of hydrogen-bond acceptors (Lipinski definition) is 5. The highest BCUT2D eigenvalue weighted by atomic mass is 16.7. The molecule has 1 aromatic carbocycles. The summed E-state index contributed by atoms with van der Waals surface area (Å²) in [5.41, 5.74) is 0.246. The number of nitrogens with one attached hydrogen (secondary N) is 1. The summed E-state index contributed by atoms with van der Waals surface area (Å²) in [6, 6.07) is 7.89. The Morgan fingerprint density at radius 2 is 1.96 bits per heavy atom. The molecule has 2 atom stereocenters. The number of benzene rings is 1. The molecule has 1 fully saturated rings. The average molecular weight is 322 g/mol. The van der Waals surface area contributed by atoms with Crippen LogP contribution >= 0.6 is 0 Å². The first-order valence-corrected chi connectivity index (χ1v) is 7.42. The van der Waals surface area contributed by atoms with Crippen molar-refractivity contribution in [1.82, 2.24) is 10.4 Å². The Morgan fingerprint density at radius 3 is 2.52 bits per heavy atom. The number of aliphatic hydroxyl groups excluding tert-OH is 1. The van der Waals surface area contributed by atoms with Gasteiger partial charge < -0.3 is 15.2 Å². The zero-order chi connectivity index (χ0) is 17.0. The maximum Gasteiger partial charge on any atom is 0.408 e. The lowest BCUT2D eigenvalue weighted by atomic mass is 9.99. The lowest BCUT2D eigenvalue weighted by Gasteiger charge is -2.44. The summed E-state index contributed by atoms with van der Waals surface area (Å²) >= 11 is 0. The zero-order valence-corrected chi connectivity index (χ0v) is 13.5. The Bertz CT molecular complexity index is 555. The molecule has 2 amide bonds. The average Bonchev–Trinajstić information content (AvgIpc) is 2.48. The minimum Gasteiger partial charge on any atom is -0.444 e. The molecule has 1 heterocycles. The van der Waals surface area contributed by atoms with Gasteiger partial charge in [-0.25, -0.2) is 9.86 Å². The Morgan fingerprint density at radius 1 is 1.30 bits per heavy atom. The number of amides is 2. The van der Waals surface area contributed by atoms with Crippen LogP contribution in [0.25, 0.3) is 0 Å². The quantitative estimate of drug-likeness (QED) is 0.796. The SMILES string of the molecule is CC(C)(C)OC(=O)N[C@@H]1C(=O)N(OCc2ccccc2)[C@@H]1CO. The predicted molar refractivity (Wildman–Crippen MR) is 82.1 cm³/mol. The van der Waals surface area contributed by atoms with Gasteiger partial charge in [0, 0.05) is 0 Å². The summed E-state index contributed by atoms with van der Waals surface area (Å²) in [5.74, 6) is -0.411. The third-order valence-electron chi connectivity index (χ3n) is 3.24. The van der Waals surface area contributed by atoms with E-state index in [1.807, 2.05) is 30.3 Å². The van der Waals surface area contributed by atoms with E-state index >= 15 is 0 Å². The van der Waals surface area contributed by atoms with Crippen molar-refractivity contribution in [3.05, 3.63) is 35.9 Å². The Hall–Kier alpha value is -2.12. The van der Waals surface area contributed by atoms with Crippen LogP contribution in [0.5, 0.6) is 0 Å². The molecular weight excluding hydrogens is 300 g/mol. The first kappa shape index (κ1) is 17.2. The van der Waals surface area contributed by atoms with Gasteiger partial charge in [0.05, 0.1) is 6.61 Å². The molecule has 1 aliphatic rings. The van der Waals surface area contributed by atoms with Gasteiger partial charge in [-0.05, 0) is 26.3 Å². The van der Waals surface area contributed by atoms with Crippen molar-refractivity contribution in [1.29, 1.82) is 0 Å². The molecule has 2 rings (SSSR count). The maximum absolute atomic E-state index is 12.1. The molecule has 23 heavy (non-hydrogen) atoms. The number of aliphatic hydroxyl groups is 1. The molecule has 7 nitrogen and oxygen atoms in total. The van der Waals surface area contributed by atoms with Gasteiger partial charge >= 0.3 is 6.09 Å². The van der Waals surface area contributed by atoms with Gasteiger partial charge in [0.25, 0.3) is 5.91 Å². The molecule has 2 N–H and O–H groups in total. The van der Waals surface area contributed by atoms with Gasteiger partial charge in [0.1, 0.15) is 24.3 Å². The molecule has 7 heteroatoms. The molecule has 0 saturated carbocycles. The minimum atomic E-state index is -0.842. The molecule has 0 bridgehead atoms. The highest BCUT2D eigenvalue weighted by Crippen LogP contribution is 2.22. The van der Waals surface area contributed by atoms with Gasteiger partial charge in [0.15, 0.2) is 0 Å². The third-order valence-corrected chi connectivity index (χ3v) is 3.24. The highest BCUT2D eigenvalue weighted by molar-refractivity contribution is 5.91. The van der Waals surface area contributed by atoms with Gasteiger partial charge in [0.2, 0.25) is 0 Å². The molecule has 0 aliphatic carbocycles. The maximum atomic E-state index is 12.1. The van der Waals surface area contributed by atoms with Crippen molar-refractivity contribution < 1.29 is 24.3 Å². The second-order valence-corrected chi connectivity index (χ2v) is 6.30. The predicted octanol–water partition coefficient (Wildman–Crippen LogP) is 1.21. The molecule has 1 aliphatic heterocycles. The van der Waals surface area contributed by atoms with Crippen LogP contribution in [0.3, 0.4) is 0 Å². The van der Waals surface area contributed by atoms with Crippen LogP contribution in [-0.2, 0) is 21.0 Å². The van der Waals surface area contributed by atoms with Crippen LogP contribution in [0, 0.1) is 0 Å². The summed E-state index contributed by atoms with van der Waals surface area (Å²) < 4.78 is 5.11. The third kappa shape index (κ3) is 4.43. The molecule has 0 aromatic heterocycles. The summed E-state index contributed by atoms with van der Waals surface area (Å²) in [6.45, 7) is 5.08. The van der Waals surface area contributed by atoms with E-state index in [0.717, 1.165) is 10.6 Å². The van der Waals surface area contributed by atoms with E-state index < -0.39 is 29.7 Å². The van der Waals surface area contributed by atoms with Crippen molar-refractivity contribution in [3.63, 3.8) is 0 Å². The van der Waals surface area contributed by atoms with Gasteiger partial charge in [-0.3, -0.25) is 9.63 Å². The summed E-state index contributed by atoms with van der Waals surface area (Å²) in [4.78, 5) is 29.2. The van der Waals surface area contributed by atoms with Crippen LogP contribution in [-0.4, -0.2) is 46.5 Å². The normalized spacial score (nSPS) is 20.9. The molecule has 1 aromatic rings. The zero-order valence-electron chi connectivity index (χ0n) is 13.5. The summed E-state index contributed by atoms with van der Waals surface area (Å²) in [5, 5.41) is 13.0. The molecule has 126 valence electrons. The standard InChI is InChI=1S/C16H22N2O5/c1-16(2,3)23-15(21)17-13-12(9-19)18(14(13)20)22-10-11-7-5-4-6-8-11/h4-8,12-13,19H,9-10H2,1-3H3,(H,17,21)/t12-,13+/m1/s1. The first-order chi connectivity index (χ1) is 10.8. The Kier molecular flexibility index (Phi) is 5.23. The van der Waals surface area contributed by atoms with E-state index in [9.17, 15) is 14.7 Å². The fourth-order valence-corrected chi connectivity index (χ4v) is 2.17. The molecule has 0 spiro atoms.